The van der Waals surface area contributed by atoms with E-state index in [4.69, 9.17) is 0 Å². The molecule has 32 heavy (non-hydrogen) atoms. The molecule has 6 rings (SSSR count). The molecular formula is C25H15FN4S2. The summed E-state index contributed by atoms with van der Waals surface area (Å²) in [4.78, 5) is 3.95. The fourth-order valence-electron chi connectivity index (χ4n) is 4.29. The van der Waals surface area contributed by atoms with Crippen LogP contribution >= 0.6 is 23.5 Å². The van der Waals surface area contributed by atoms with Crippen molar-refractivity contribution in [2.24, 2.45) is 0 Å². The van der Waals surface area contributed by atoms with Crippen LogP contribution < -0.4 is 10.2 Å². The molecule has 7 heteroatoms. The zero-order valence-electron chi connectivity index (χ0n) is 16.6. The molecule has 3 heterocycles. The number of rotatable bonds is 1. The number of amidine groups is 1. The van der Waals surface area contributed by atoms with Crippen molar-refractivity contribution in [2.45, 2.75) is 15.7 Å². The third kappa shape index (κ3) is 2.80. The van der Waals surface area contributed by atoms with Gasteiger partial charge in [0.05, 0.1) is 34.0 Å². The number of hydrogen-bond acceptors (Lipinski definition) is 5. The Hall–Kier alpha value is -3.47. The summed E-state index contributed by atoms with van der Waals surface area (Å²) in [5.74, 6) is -0.468. The van der Waals surface area contributed by atoms with Crippen LogP contribution in [-0.4, -0.2) is 5.84 Å². The summed E-state index contributed by atoms with van der Waals surface area (Å²) in [5, 5.41) is 24.6. The number of anilines is 2. The molecule has 3 aromatic rings. The molecule has 0 bridgehead atoms. The average molecular weight is 455 g/mol. The Morgan fingerprint density at radius 1 is 0.938 bits per heavy atom. The molecule has 0 saturated carbocycles. The van der Waals surface area contributed by atoms with Crippen LogP contribution in [0.2, 0.25) is 0 Å². The second-order valence-corrected chi connectivity index (χ2v) is 9.62. The quantitative estimate of drug-likeness (QED) is 0.430. The summed E-state index contributed by atoms with van der Waals surface area (Å²) >= 11 is 3.07. The van der Waals surface area contributed by atoms with Gasteiger partial charge >= 0.3 is 0 Å². The van der Waals surface area contributed by atoms with Crippen molar-refractivity contribution in [1.82, 2.24) is 0 Å². The highest BCUT2D eigenvalue weighted by Crippen LogP contribution is 2.56. The van der Waals surface area contributed by atoms with Crippen molar-refractivity contribution < 1.29 is 4.39 Å². The summed E-state index contributed by atoms with van der Waals surface area (Å²) in [6, 6.07) is 24.5. The molecule has 0 amide bonds. The first-order valence-electron chi connectivity index (χ1n) is 9.99. The molecule has 0 aliphatic carbocycles. The summed E-state index contributed by atoms with van der Waals surface area (Å²) < 4.78 is 13.7. The van der Waals surface area contributed by atoms with E-state index in [0.717, 1.165) is 42.4 Å². The number of nitrogens with one attached hydrogen (secondary N) is 2. The van der Waals surface area contributed by atoms with Crippen molar-refractivity contribution in [2.75, 3.05) is 10.2 Å². The Kier molecular flexibility index (Phi) is 4.39. The minimum absolute atomic E-state index is 0.327. The van der Waals surface area contributed by atoms with Gasteiger partial charge in [-0.2, -0.15) is 5.26 Å². The SMILES string of the molecule is N#CC1=C2Sc3ccccc3N2C(=N)C(=C2Nc3ccccc3S2)C1c1ccc(F)cc1. The molecule has 0 aromatic heterocycles. The van der Waals surface area contributed by atoms with Crippen molar-refractivity contribution in [1.29, 1.82) is 10.7 Å². The molecular weight excluding hydrogens is 439 g/mol. The molecule has 0 fully saturated rings. The number of nitrogens with zero attached hydrogens (tertiary/aromatic N) is 2. The fraction of sp³-hybridized carbons (Fsp3) is 0.0400. The van der Waals surface area contributed by atoms with E-state index < -0.39 is 5.92 Å². The molecule has 3 aliphatic heterocycles. The van der Waals surface area contributed by atoms with Crippen molar-refractivity contribution in [3.8, 4) is 6.07 Å². The molecule has 154 valence electrons. The fourth-order valence-corrected chi connectivity index (χ4v) is 6.54. The van der Waals surface area contributed by atoms with Gasteiger partial charge < -0.3 is 5.32 Å². The molecule has 1 atom stereocenters. The van der Waals surface area contributed by atoms with Crippen LogP contribution in [-0.2, 0) is 0 Å². The highest BCUT2D eigenvalue weighted by Gasteiger charge is 2.44. The van der Waals surface area contributed by atoms with Gasteiger partial charge in [0.25, 0.3) is 0 Å². The summed E-state index contributed by atoms with van der Waals surface area (Å²) in [7, 11) is 0. The Balaban J connectivity index is 1.61. The summed E-state index contributed by atoms with van der Waals surface area (Å²) in [5.41, 5.74) is 3.96. The van der Waals surface area contributed by atoms with Gasteiger partial charge in [0, 0.05) is 15.4 Å². The van der Waals surface area contributed by atoms with E-state index >= 15 is 0 Å². The number of nitriles is 1. The lowest BCUT2D eigenvalue weighted by atomic mass is 9.82. The van der Waals surface area contributed by atoms with Crippen molar-refractivity contribution >= 4 is 40.7 Å². The number of hydrogen-bond donors (Lipinski definition) is 2. The highest BCUT2D eigenvalue weighted by molar-refractivity contribution is 8.04. The maximum Gasteiger partial charge on any atom is 0.137 e. The zero-order chi connectivity index (χ0) is 21.8. The monoisotopic (exact) mass is 454 g/mol. The standard InChI is InChI=1S/C25H15FN4S2/c26-15-11-9-14(10-12-15)21-16(13-27)25-30(18-6-2-4-8-20(18)32-25)23(28)22(21)24-29-17-5-1-3-7-19(17)31-24/h1-12,21,28-29H. The van der Waals surface area contributed by atoms with Crippen LogP contribution in [0, 0.1) is 22.6 Å². The number of thioether (sulfide) groups is 2. The zero-order valence-corrected chi connectivity index (χ0v) is 18.2. The first-order valence-corrected chi connectivity index (χ1v) is 11.6. The molecule has 1 unspecified atom stereocenters. The van der Waals surface area contributed by atoms with Gasteiger partial charge in [0.1, 0.15) is 16.7 Å². The molecule has 4 nitrogen and oxygen atoms in total. The van der Waals surface area contributed by atoms with Gasteiger partial charge in [-0.3, -0.25) is 10.3 Å². The second kappa shape index (κ2) is 7.30. The number of fused-ring (bicyclic) bond motifs is 4. The van der Waals surface area contributed by atoms with E-state index in [2.05, 4.69) is 11.4 Å². The first kappa shape index (κ1) is 19.2. The Bertz CT molecular complexity index is 1370. The number of halogens is 1. The third-order valence-electron chi connectivity index (χ3n) is 5.72. The average Bonchev–Trinajstić information content (AvgIpc) is 3.41. The van der Waals surface area contributed by atoms with Gasteiger partial charge in [-0.1, -0.05) is 59.9 Å². The maximum atomic E-state index is 13.7. The Morgan fingerprint density at radius 2 is 1.66 bits per heavy atom. The predicted molar refractivity (Wildman–Crippen MR) is 127 cm³/mol. The lowest BCUT2D eigenvalue weighted by Crippen LogP contribution is -2.37. The second-order valence-electron chi connectivity index (χ2n) is 7.54. The van der Waals surface area contributed by atoms with E-state index in [0.29, 0.717) is 11.4 Å². The van der Waals surface area contributed by atoms with Gasteiger partial charge in [-0.25, -0.2) is 4.39 Å². The van der Waals surface area contributed by atoms with Crippen LogP contribution in [0.3, 0.4) is 0 Å². The van der Waals surface area contributed by atoms with E-state index in [1.165, 1.54) is 23.9 Å². The van der Waals surface area contributed by atoms with Crippen LogP contribution in [0.4, 0.5) is 15.8 Å². The van der Waals surface area contributed by atoms with E-state index in [1.807, 2.05) is 53.4 Å². The van der Waals surface area contributed by atoms with Crippen molar-refractivity contribution in [3.05, 3.63) is 105 Å². The van der Waals surface area contributed by atoms with Crippen LogP contribution in [0.25, 0.3) is 0 Å². The first-order chi connectivity index (χ1) is 15.7. The van der Waals surface area contributed by atoms with Crippen molar-refractivity contribution in [3.63, 3.8) is 0 Å². The largest absolute Gasteiger partial charge is 0.349 e. The van der Waals surface area contributed by atoms with E-state index in [9.17, 15) is 15.1 Å². The number of allylic oxidation sites excluding steroid dienone is 1. The minimum atomic E-state index is -0.467. The van der Waals surface area contributed by atoms with E-state index in [1.54, 1.807) is 23.9 Å². The van der Waals surface area contributed by atoms with Gasteiger partial charge in [0.15, 0.2) is 0 Å². The van der Waals surface area contributed by atoms with Crippen LogP contribution in [0.5, 0.6) is 0 Å². The van der Waals surface area contributed by atoms with E-state index in [-0.39, 0.29) is 5.82 Å². The van der Waals surface area contributed by atoms with Gasteiger partial charge in [0.2, 0.25) is 0 Å². The predicted octanol–water partition coefficient (Wildman–Crippen LogP) is 6.68. The Morgan fingerprint density at radius 3 is 2.41 bits per heavy atom. The Labute approximate surface area is 193 Å². The highest BCUT2D eigenvalue weighted by atomic mass is 32.2. The third-order valence-corrected chi connectivity index (χ3v) is 7.98. The molecule has 0 radical (unpaired) electrons. The smallest absolute Gasteiger partial charge is 0.137 e. The normalized spacial score (nSPS) is 21.1. The number of benzene rings is 3. The molecule has 3 aliphatic rings. The summed E-state index contributed by atoms with van der Waals surface area (Å²) in [6.07, 6.45) is 0. The van der Waals surface area contributed by atoms with Gasteiger partial charge in [-0.05, 0) is 42.0 Å². The lowest BCUT2D eigenvalue weighted by molar-refractivity contribution is 0.627. The van der Waals surface area contributed by atoms with Crippen LogP contribution in [0.15, 0.2) is 104 Å². The maximum absolute atomic E-state index is 13.7. The topological polar surface area (TPSA) is 62.9 Å². The molecule has 0 spiro atoms. The van der Waals surface area contributed by atoms with Crippen LogP contribution in [0.1, 0.15) is 11.5 Å². The minimum Gasteiger partial charge on any atom is -0.349 e. The molecule has 2 N–H and O–H groups in total. The lowest BCUT2D eigenvalue weighted by Gasteiger charge is -2.35. The molecule has 3 aromatic carbocycles. The summed E-state index contributed by atoms with van der Waals surface area (Å²) in [6.45, 7) is 0. The number of para-hydroxylation sites is 2. The van der Waals surface area contributed by atoms with Gasteiger partial charge in [-0.15, -0.1) is 0 Å². The molecule has 0 saturated heterocycles.